The predicted molar refractivity (Wildman–Crippen MR) is 112 cm³/mol. The van der Waals surface area contributed by atoms with Crippen LogP contribution in [0.15, 0.2) is 57.3 Å². The summed E-state index contributed by atoms with van der Waals surface area (Å²) >= 11 is 3.39. The number of amidine groups is 1. The third-order valence-electron chi connectivity index (χ3n) is 4.22. The molecule has 146 valence electrons. The van der Waals surface area contributed by atoms with Crippen LogP contribution in [0, 0.1) is 0 Å². The molecule has 0 saturated carbocycles. The van der Waals surface area contributed by atoms with Gasteiger partial charge in [-0.1, -0.05) is 12.1 Å². The molecule has 8 heteroatoms. The fourth-order valence-corrected chi connectivity index (χ4v) is 3.40. The number of carbonyl (C=O) groups excluding carboxylic acids is 2. The van der Waals surface area contributed by atoms with Crippen molar-refractivity contribution < 1.29 is 14.3 Å². The first kappa shape index (κ1) is 19.9. The third-order valence-corrected chi connectivity index (χ3v) is 4.65. The van der Waals surface area contributed by atoms with Crippen LogP contribution in [0.25, 0.3) is 0 Å². The molecule has 0 spiro atoms. The first-order valence-electron chi connectivity index (χ1n) is 8.94. The van der Waals surface area contributed by atoms with E-state index in [2.05, 4.69) is 31.6 Å². The Morgan fingerprint density at radius 3 is 2.75 bits per heavy atom. The second-order valence-electron chi connectivity index (χ2n) is 6.11. The molecule has 1 aliphatic heterocycles. The highest BCUT2D eigenvalue weighted by atomic mass is 79.9. The number of para-hydroxylation sites is 2. The molecule has 0 atom stereocenters. The van der Waals surface area contributed by atoms with Crippen LogP contribution in [0.2, 0.25) is 0 Å². The highest BCUT2D eigenvalue weighted by molar-refractivity contribution is 9.10. The second kappa shape index (κ2) is 8.43. The van der Waals surface area contributed by atoms with Crippen LogP contribution >= 0.6 is 15.9 Å². The summed E-state index contributed by atoms with van der Waals surface area (Å²) in [6, 6.07) is 9.10. The highest BCUT2D eigenvalue weighted by Crippen LogP contribution is 2.30. The number of nitrogens with one attached hydrogen (secondary N) is 2. The summed E-state index contributed by atoms with van der Waals surface area (Å²) in [6.45, 7) is 6.27. The lowest BCUT2D eigenvalue weighted by molar-refractivity contribution is -0.137. The molecule has 2 N–H and O–H groups in total. The molecule has 0 saturated heterocycles. The molecule has 28 heavy (non-hydrogen) atoms. The molecule has 0 radical (unpaired) electrons. The van der Waals surface area contributed by atoms with Crippen LogP contribution in [0.4, 0.5) is 11.4 Å². The van der Waals surface area contributed by atoms with E-state index < -0.39 is 5.97 Å². The molecule has 1 aliphatic rings. The number of amides is 1. The molecule has 1 amide bonds. The second-order valence-corrected chi connectivity index (χ2v) is 7.02. The minimum absolute atomic E-state index is 0.151. The Kier molecular flexibility index (Phi) is 5.99. The number of carbonyl (C=O) groups is 2. The number of hydrogen-bond donors (Lipinski definition) is 2. The lowest BCUT2D eigenvalue weighted by Gasteiger charge is -2.14. The van der Waals surface area contributed by atoms with Crippen molar-refractivity contribution in [3.8, 4) is 0 Å². The standard InChI is InChI=1S/C20H21BrN4O3/c1-4-25-11-13(21)10-16(25)19(26)24-18-17(20(27)28-5-2)12(3)22-14-8-6-7-9-15(14)23-18/h6-11,22H,4-5H2,1-3H3,(H,23,24,26). The third kappa shape index (κ3) is 4.01. The number of allylic oxidation sites excluding steroid dienone is 1. The average Bonchev–Trinajstić information content (AvgIpc) is 2.97. The quantitative estimate of drug-likeness (QED) is 0.697. The van der Waals surface area contributed by atoms with E-state index in [1.165, 1.54) is 0 Å². The molecule has 3 rings (SSSR count). The summed E-state index contributed by atoms with van der Waals surface area (Å²) < 4.78 is 7.80. The van der Waals surface area contributed by atoms with E-state index in [4.69, 9.17) is 4.74 Å². The number of rotatable bonds is 4. The Hall–Kier alpha value is -2.87. The van der Waals surface area contributed by atoms with Crippen LogP contribution in [0.5, 0.6) is 0 Å². The van der Waals surface area contributed by atoms with Crippen LogP contribution in [0.3, 0.4) is 0 Å². The van der Waals surface area contributed by atoms with Crippen molar-refractivity contribution in [2.75, 3.05) is 11.9 Å². The van der Waals surface area contributed by atoms with Crippen molar-refractivity contribution in [1.29, 1.82) is 0 Å². The molecule has 0 aliphatic carbocycles. The molecule has 7 nitrogen and oxygen atoms in total. The first-order chi connectivity index (χ1) is 13.4. The summed E-state index contributed by atoms with van der Waals surface area (Å²) in [7, 11) is 0. The number of hydrogen-bond acceptors (Lipinski definition) is 5. The van der Waals surface area contributed by atoms with E-state index in [0.717, 1.165) is 10.2 Å². The lowest BCUT2D eigenvalue weighted by Crippen LogP contribution is -2.36. The number of aromatic nitrogens is 1. The number of fused-ring (bicyclic) bond motifs is 1. The van der Waals surface area contributed by atoms with Gasteiger partial charge in [-0.15, -0.1) is 0 Å². The van der Waals surface area contributed by atoms with Crippen molar-refractivity contribution in [3.05, 3.63) is 58.0 Å². The molecule has 0 fully saturated rings. The summed E-state index contributed by atoms with van der Waals surface area (Å²) in [4.78, 5) is 30.1. The molecule has 2 aromatic rings. The molecular weight excluding hydrogens is 424 g/mol. The van der Waals surface area contributed by atoms with E-state index in [0.29, 0.717) is 23.6 Å². The molecule has 0 bridgehead atoms. The molecule has 2 heterocycles. The van der Waals surface area contributed by atoms with E-state index in [1.807, 2.05) is 35.9 Å². The molecular formula is C20H21BrN4O3. The average molecular weight is 445 g/mol. The highest BCUT2D eigenvalue weighted by Gasteiger charge is 2.27. The van der Waals surface area contributed by atoms with Gasteiger partial charge in [-0.3, -0.25) is 4.79 Å². The van der Waals surface area contributed by atoms with Crippen LogP contribution in [0.1, 0.15) is 31.3 Å². The Morgan fingerprint density at radius 2 is 2.04 bits per heavy atom. The van der Waals surface area contributed by atoms with Gasteiger partial charge in [0.15, 0.2) is 0 Å². The minimum atomic E-state index is -0.550. The predicted octanol–water partition coefficient (Wildman–Crippen LogP) is 3.99. The van der Waals surface area contributed by atoms with E-state index in [-0.39, 0.29) is 23.9 Å². The first-order valence-corrected chi connectivity index (χ1v) is 9.74. The number of ether oxygens (including phenoxy) is 1. The summed E-state index contributed by atoms with van der Waals surface area (Å²) in [5.74, 6) is -0.759. The van der Waals surface area contributed by atoms with Crippen LogP contribution < -0.4 is 10.6 Å². The van der Waals surface area contributed by atoms with Gasteiger partial charge in [0.05, 0.1) is 18.0 Å². The van der Waals surface area contributed by atoms with Gasteiger partial charge < -0.3 is 19.9 Å². The Labute approximate surface area is 171 Å². The zero-order valence-corrected chi connectivity index (χ0v) is 17.5. The van der Waals surface area contributed by atoms with Crippen molar-refractivity contribution in [2.45, 2.75) is 27.3 Å². The smallest absolute Gasteiger partial charge is 0.343 e. The van der Waals surface area contributed by atoms with E-state index in [9.17, 15) is 9.59 Å². The van der Waals surface area contributed by atoms with Crippen molar-refractivity contribution in [3.63, 3.8) is 0 Å². The topological polar surface area (TPSA) is 84.7 Å². The normalized spacial score (nSPS) is 13.2. The monoisotopic (exact) mass is 444 g/mol. The van der Waals surface area contributed by atoms with Crippen molar-refractivity contribution in [2.24, 2.45) is 4.99 Å². The Morgan fingerprint density at radius 1 is 1.29 bits per heavy atom. The number of esters is 1. The number of halogens is 1. The number of aryl methyl sites for hydroxylation is 1. The van der Waals surface area contributed by atoms with E-state index >= 15 is 0 Å². The van der Waals surface area contributed by atoms with Crippen molar-refractivity contribution in [1.82, 2.24) is 9.88 Å². The zero-order valence-electron chi connectivity index (χ0n) is 15.9. The van der Waals surface area contributed by atoms with Gasteiger partial charge in [0.25, 0.3) is 5.91 Å². The van der Waals surface area contributed by atoms with Gasteiger partial charge in [0.1, 0.15) is 17.1 Å². The Balaban J connectivity index is 2.05. The number of anilines is 1. The van der Waals surface area contributed by atoms with Gasteiger partial charge >= 0.3 is 5.97 Å². The van der Waals surface area contributed by atoms with Crippen LogP contribution in [-0.4, -0.2) is 28.9 Å². The number of nitrogens with zero attached hydrogens (tertiary/aromatic N) is 2. The van der Waals surface area contributed by atoms with Gasteiger partial charge in [0, 0.05) is 22.9 Å². The summed E-state index contributed by atoms with van der Waals surface area (Å²) in [5.41, 5.74) is 2.56. The molecule has 1 aromatic carbocycles. The zero-order chi connectivity index (χ0) is 20.3. The fourth-order valence-electron chi connectivity index (χ4n) is 2.94. The minimum Gasteiger partial charge on any atom is -0.462 e. The van der Waals surface area contributed by atoms with E-state index in [1.54, 1.807) is 26.0 Å². The molecule has 1 aromatic heterocycles. The summed E-state index contributed by atoms with van der Waals surface area (Å²) in [6.07, 6.45) is 1.83. The SMILES string of the molecule is CCOC(=O)C1=C(C)Nc2ccccc2N=C1NC(=O)c1cc(Br)cn1CC. The Bertz CT molecular complexity index is 991. The number of benzene rings is 1. The van der Waals surface area contributed by atoms with Crippen molar-refractivity contribution >= 4 is 45.0 Å². The maximum atomic E-state index is 12.9. The largest absolute Gasteiger partial charge is 0.462 e. The maximum absolute atomic E-state index is 12.9. The van der Waals surface area contributed by atoms with Gasteiger partial charge in [-0.25, -0.2) is 9.79 Å². The van der Waals surface area contributed by atoms with Crippen LogP contribution in [-0.2, 0) is 16.1 Å². The van der Waals surface area contributed by atoms with Gasteiger partial charge in [-0.05, 0) is 54.9 Å². The molecule has 0 unspecified atom stereocenters. The lowest BCUT2D eigenvalue weighted by atomic mass is 10.2. The fraction of sp³-hybridized carbons (Fsp3) is 0.250. The maximum Gasteiger partial charge on any atom is 0.343 e. The number of aliphatic imine (C=N–C) groups is 1. The summed E-state index contributed by atoms with van der Waals surface area (Å²) in [5, 5.41) is 5.98. The van der Waals surface area contributed by atoms with Gasteiger partial charge in [-0.2, -0.15) is 0 Å². The van der Waals surface area contributed by atoms with Gasteiger partial charge in [0.2, 0.25) is 0 Å².